The normalized spacial score (nSPS) is 14.3. The number of aliphatic hydroxyl groups is 1. The van der Waals surface area contributed by atoms with Crippen LogP contribution in [-0.4, -0.2) is 48.5 Å². The van der Waals surface area contributed by atoms with E-state index >= 15 is 0 Å². The zero-order valence-corrected chi connectivity index (χ0v) is 8.90. The molecular formula is C9H17NO5. The van der Waals surface area contributed by atoms with E-state index < -0.39 is 24.5 Å². The summed E-state index contributed by atoms with van der Waals surface area (Å²) in [6.45, 7) is 1.64. The van der Waals surface area contributed by atoms with Gasteiger partial charge in [-0.25, -0.2) is 4.79 Å². The molecule has 88 valence electrons. The van der Waals surface area contributed by atoms with Gasteiger partial charge in [0, 0.05) is 20.1 Å². The van der Waals surface area contributed by atoms with Gasteiger partial charge in [0.25, 0.3) is 0 Å². The van der Waals surface area contributed by atoms with Gasteiger partial charge in [0.2, 0.25) is 5.91 Å². The highest BCUT2D eigenvalue weighted by atomic mass is 16.5. The fourth-order valence-electron chi connectivity index (χ4n) is 1.10. The smallest absolute Gasteiger partial charge is 0.328 e. The van der Waals surface area contributed by atoms with E-state index in [9.17, 15) is 9.59 Å². The van der Waals surface area contributed by atoms with Gasteiger partial charge in [-0.1, -0.05) is 6.92 Å². The molecule has 0 rings (SSSR count). The molecule has 1 amide bonds. The molecule has 3 N–H and O–H groups in total. The number of nitrogens with one attached hydrogen (secondary N) is 1. The van der Waals surface area contributed by atoms with Crippen LogP contribution in [0.4, 0.5) is 0 Å². The van der Waals surface area contributed by atoms with Gasteiger partial charge in [0.15, 0.2) is 0 Å². The first-order chi connectivity index (χ1) is 7.01. The van der Waals surface area contributed by atoms with E-state index in [1.54, 1.807) is 0 Å². The third-order valence-corrected chi connectivity index (χ3v) is 1.80. The molecule has 6 heteroatoms. The van der Waals surface area contributed by atoms with Crippen molar-refractivity contribution >= 4 is 11.9 Å². The Hall–Kier alpha value is -1.14. The van der Waals surface area contributed by atoms with Crippen molar-refractivity contribution in [3.05, 3.63) is 0 Å². The number of amides is 1. The summed E-state index contributed by atoms with van der Waals surface area (Å²) in [5.74, 6) is -1.63. The average Bonchev–Trinajstić information content (AvgIpc) is 2.13. The maximum atomic E-state index is 11.3. The first-order valence-electron chi connectivity index (χ1n) is 4.63. The van der Waals surface area contributed by atoms with E-state index in [1.807, 2.05) is 6.92 Å². The fraction of sp³-hybridized carbons (Fsp3) is 0.778. The maximum absolute atomic E-state index is 11.3. The molecule has 0 aliphatic carbocycles. The van der Waals surface area contributed by atoms with Gasteiger partial charge in [-0.15, -0.1) is 0 Å². The van der Waals surface area contributed by atoms with Crippen LogP contribution in [0.15, 0.2) is 0 Å². The molecule has 15 heavy (non-hydrogen) atoms. The number of rotatable bonds is 7. The summed E-state index contributed by atoms with van der Waals surface area (Å²) in [6, 6.07) is -1.23. The van der Waals surface area contributed by atoms with Crippen LogP contribution >= 0.6 is 0 Å². The summed E-state index contributed by atoms with van der Waals surface area (Å²) >= 11 is 0. The van der Waals surface area contributed by atoms with Gasteiger partial charge in [-0.05, 0) is 5.92 Å². The van der Waals surface area contributed by atoms with Crippen molar-refractivity contribution in [1.82, 2.24) is 5.32 Å². The standard InChI is InChI=1S/C9H17NO5/c1-6(5-15-2)3-8(12)10-7(4-11)9(13)14/h6-7,11H,3-5H2,1-2H3,(H,10,12)(H,13,14). The molecule has 6 nitrogen and oxygen atoms in total. The second kappa shape index (κ2) is 7.19. The molecule has 2 unspecified atom stereocenters. The molecule has 0 heterocycles. The molecule has 0 saturated carbocycles. The quantitative estimate of drug-likeness (QED) is 0.522. The monoisotopic (exact) mass is 219 g/mol. The van der Waals surface area contributed by atoms with E-state index in [0.717, 1.165) is 0 Å². The highest BCUT2D eigenvalue weighted by Gasteiger charge is 2.19. The van der Waals surface area contributed by atoms with Gasteiger partial charge in [0.05, 0.1) is 6.61 Å². The topological polar surface area (TPSA) is 95.9 Å². The summed E-state index contributed by atoms with van der Waals surface area (Å²) in [4.78, 5) is 21.7. The van der Waals surface area contributed by atoms with Crippen molar-refractivity contribution in [1.29, 1.82) is 0 Å². The zero-order chi connectivity index (χ0) is 11.8. The molecule has 0 spiro atoms. The second-order valence-electron chi connectivity index (χ2n) is 3.41. The Bertz CT molecular complexity index is 219. The molecule has 0 aliphatic rings. The predicted octanol–water partition coefficient (Wildman–Crippen LogP) is -0.779. The van der Waals surface area contributed by atoms with Crippen molar-refractivity contribution in [2.45, 2.75) is 19.4 Å². The number of carboxylic acids is 1. The van der Waals surface area contributed by atoms with Crippen molar-refractivity contribution < 1.29 is 24.5 Å². The molecule has 0 radical (unpaired) electrons. The first kappa shape index (κ1) is 13.9. The van der Waals surface area contributed by atoms with Crippen LogP contribution in [-0.2, 0) is 14.3 Å². The van der Waals surface area contributed by atoms with Crippen LogP contribution in [0, 0.1) is 5.92 Å². The highest BCUT2D eigenvalue weighted by Crippen LogP contribution is 2.01. The lowest BCUT2D eigenvalue weighted by Crippen LogP contribution is -2.43. The average molecular weight is 219 g/mol. The molecule has 0 aliphatic heterocycles. The highest BCUT2D eigenvalue weighted by molar-refractivity contribution is 5.83. The molecule has 0 saturated heterocycles. The Kier molecular flexibility index (Phi) is 6.64. The third-order valence-electron chi connectivity index (χ3n) is 1.80. The molecular weight excluding hydrogens is 202 g/mol. The van der Waals surface area contributed by atoms with Crippen molar-refractivity contribution in [2.75, 3.05) is 20.3 Å². The summed E-state index contributed by atoms with van der Waals surface area (Å²) in [7, 11) is 1.53. The van der Waals surface area contributed by atoms with Crippen molar-refractivity contribution in [3.8, 4) is 0 Å². The number of carboxylic acid groups (broad SMARTS) is 1. The second-order valence-corrected chi connectivity index (χ2v) is 3.41. The Morgan fingerprint density at radius 1 is 1.47 bits per heavy atom. The van der Waals surface area contributed by atoms with Crippen LogP contribution in [0.25, 0.3) is 0 Å². The van der Waals surface area contributed by atoms with Crippen LogP contribution < -0.4 is 5.32 Å². The van der Waals surface area contributed by atoms with E-state index in [-0.39, 0.29) is 12.3 Å². The van der Waals surface area contributed by atoms with Gasteiger partial charge >= 0.3 is 5.97 Å². The number of carbonyl (C=O) groups excluding carboxylic acids is 1. The van der Waals surface area contributed by atoms with Gasteiger partial charge in [-0.3, -0.25) is 4.79 Å². The Morgan fingerprint density at radius 2 is 2.07 bits per heavy atom. The molecule has 0 aromatic heterocycles. The largest absolute Gasteiger partial charge is 0.480 e. The van der Waals surface area contributed by atoms with E-state index in [2.05, 4.69) is 5.32 Å². The molecule has 0 bridgehead atoms. The number of hydrogen-bond donors (Lipinski definition) is 3. The minimum absolute atomic E-state index is 0.0168. The van der Waals surface area contributed by atoms with Gasteiger partial charge < -0.3 is 20.3 Å². The van der Waals surface area contributed by atoms with Gasteiger partial charge in [-0.2, -0.15) is 0 Å². The van der Waals surface area contributed by atoms with Crippen LogP contribution in [0.5, 0.6) is 0 Å². The Balaban J connectivity index is 3.96. The van der Waals surface area contributed by atoms with E-state index in [1.165, 1.54) is 7.11 Å². The lowest BCUT2D eigenvalue weighted by Gasteiger charge is -2.14. The number of hydrogen-bond acceptors (Lipinski definition) is 4. The maximum Gasteiger partial charge on any atom is 0.328 e. The van der Waals surface area contributed by atoms with E-state index in [0.29, 0.717) is 6.61 Å². The molecule has 0 aromatic carbocycles. The SMILES string of the molecule is COCC(C)CC(=O)NC(CO)C(=O)O. The minimum Gasteiger partial charge on any atom is -0.480 e. The number of methoxy groups -OCH3 is 1. The first-order valence-corrected chi connectivity index (χ1v) is 4.63. The Morgan fingerprint density at radius 3 is 2.47 bits per heavy atom. The van der Waals surface area contributed by atoms with Crippen molar-refractivity contribution in [3.63, 3.8) is 0 Å². The van der Waals surface area contributed by atoms with Crippen LogP contribution in [0.2, 0.25) is 0 Å². The number of carbonyl (C=O) groups is 2. The third kappa shape index (κ3) is 6.03. The Labute approximate surface area is 88.2 Å². The number of aliphatic carboxylic acids is 1. The molecule has 2 atom stereocenters. The fourth-order valence-corrected chi connectivity index (χ4v) is 1.10. The van der Waals surface area contributed by atoms with Crippen LogP contribution in [0.1, 0.15) is 13.3 Å². The number of aliphatic hydroxyl groups excluding tert-OH is 1. The number of ether oxygens (including phenoxy) is 1. The van der Waals surface area contributed by atoms with Gasteiger partial charge in [0.1, 0.15) is 6.04 Å². The molecule has 0 fully saturated rings. The lowest BCUT2D eigenvalue weighted by atomic mass is 10.1. The summed E-state index contributed by atoms with van der Waals surface area (Å²) in [5.41, 5.74) is 0. The van der Waals surface area contributed by atoms with Crippen LogP contribution in [0.3, 0.4) is 0 Å². The van der Waals surface area contributed by atoms with E-state index in [4.69, 9.17) is 14.9 Å². The summed E-state index contributed by atoms with van der Waals surface area (Å²) < 4.78 is 4.84. The predicted molar refractivity (Wildman–Crippen MR) is 52.3 cm³/mol. The molecule has 0 aromatic rings. The minimum atomic E-state index is -1.25. The summed E-state index contributed by atoms with van der Waals surface area (Å²) in [6.07, 6.45) is 0.178. The lowest BCUT2D eigenvalue weighted by molar-refractivity contribution is -0.143. The zero-order valence-electron chi connectivity index (χ0n) is 8.90. The summed E-state index contributed by atoms with van der Waals surface area (Å²) in [5, 5.41) is 19.4. The van der Waals surface area contributed by atoms with Crippen molar-refractivity contribution in [2.24, 2.45) is 5.92 Å².